The molecule has 0 aliphatic rings. The van der Waals surface area contributed by atoms with Gasteiger partial charge in [0.2, 0.25) is 0 Å². The summed E-state index contributed by atoms with van der Waals surface area (Å²) in [6, 6.07) is 9.87. The summed E-state index contributed by atoms with van der Waals surface area (Å²) in [4.78, 5) is 24.5. The zero-order chi connectivity index (χ0) is 18.6. The molecule has 6 heteroatoms. The fourth-order valence-corrected chi connectivity index (χ4v) is 2.32. The van der Waals surface area contributed by atoms with Crippen molar-refractivity contribution in [3.63, 3.8) is 0 Å². The van der Waals surface area contributed by atoms with E-state index in [2.05, 4.69) is 5.32 Å². The number of rotatable bonds is 5. The molecule has 0 spiro atoms. The van der Waals surface area contributed by atoms with Gasteiger partial charge in [-0.3, -0.25) is 4.79 Å². The second-order valence-electron chi connectivity index (χ2n) is 5.69. The van der Waals surface area contributed by atoms with Gasteiger partial charge in [0.1, 0.15) is 17.1 Å². The minimum atomic E-state index is -1.03. The Hall–Kier alpha value is -3.02. The number of carbonyl (C=O) groups excluding carboxylic acids is 2. The number of hydrogen-bond donors (Lipinski definition) is 2. The Morgan fingerprint density at radius 1 is 1.12 bits per heavy atom. The first-order valence-corrected chi connectivity index (χ1v) is 7.78. The quantitative estimate of drug-likeness (QED) is 0.815. The second kappa shape index (κ2) is 7.70. The molecule has 0 radical (unpaired) electrons. The summed E-state index contributed by atoms with van der Waals surface area (Å²) in [6.45, 7) is 5.24. The highest BCUT2D eigenvalue weighted by Gasteiger charge is 2.22. The predicted molar refractivity (Wildman–Crippen MR) is 94.1 cm³/mol. The summed E-state index contributed by atoms with van der Waals surface area (Å²) in [5, 5.41) is 12.6. The number of ether oxygens (including phenoxy) is 2. The minimum absolute atomic E-state index is 0.0638. The largest absolute Gasteiger partial charge is 0.507 e. The number of anilines is 1. The average Bonchev–Trinajstić information content (AvgIpc) is 2.58. The van der Waals surface area contributed by atoms with Gasteiger partial charge in [0.05, 0.1) is 7.11 Å². The molecule has 2 aromatic rings. The third kappa shape index (κ3) is 4.29. The number of carbonyl (C=O) groups is 2. The zero-order valence-corrected chi connectivity index (χ0v) is 14.6. The normalized spacial score (nSPS) is 11.5. The Balaban J connectivity index is 2.10. The van der Waals surface area contributed by atoms with Gasteiger partial charge in [-0.05, 0) is 50.1 Å². The Morgan fingerprint density at radius 3 is 2.36 bits per heavy atom. The van der Waals surface area contributed by atoms with Gasteiger partial charge in [0, 0.05) is 5.69 Å². The van der Waals surface area contributed by atoms with Crippen LogP contribution in [0.3, 0.4) is 0 Å². The number of methoxy groups -OCH3 is 1. The molecule has 25 heavy (non-hydrogen) atoms. The van der Waals surface area contributed by atoms with Gasteiger partial charge in [-0.25, -0.2) is 4.79 Å². The Kier molecular flexibility index (Phi) is 5.64. The van der Waals surface area contributed by atoms with Gasteiger partial charge >= 0.3 is 5.97 Å². The number of amides is 1. The number of phenols is 1. The molecule has 0 saturated heterocycles. The number of hydrogen-bond acceptors (Lipinski definition) is 5. The van der Waals surface area contributed by atoms with Gasteiger partial charge in [-0.1, -0.05) is 18.2 Å². The van der Waals surface area contributed by atoms with Crippen molar-refractivity contribution in [2.45, 2.75) is 26.9 Å². The molecule has 0 aromatic heterocycles. The molecule has 2 aromatic carbocycles. The molecule has 0 aliphatic heterocycles. The number of para-hydroxylation sites is 1. The molecular weight excluding hydrogens is 322 g/mol. The van der Waals surface area contributed by atoms with Crippen LogP contribution in [0.15, 0.2) is 36.4 Å². The lowest BCUT2D eigenvalue weighted by molar-refractivity contribution is -0.123. The van der Waals surface area contributed by atoms with Crippen molar-refractivity contribution in [3.8, 4) is 11.5 Å². The predicted octanol–water partition coefficient (Wildman–Crippen LogP) is 3.20. The summed E-state index contributed by atoms with van der Waals surface area (Å²) >= 11 is 0. The fraction of sp³-hybridized carbons (Fsp3) is 0.263. The van der Waals surface area contributed by atoms with Crippen LogP contribution in [0.5, 0.6) is 11.5 Å². The summed E-state index contributed by atoms with van der Waals surface area (Å²) < 4.78 is 10.2. The first kappa shape index (κ1) is 18.3. The molecule has 0 bridgehead atoms. The van der Waals surface area contributed by atoms with Crippen LogP contribution >= 0.6 is 0 Å². The maximum Gasteiger partial charge on any atom is 0.342 e. The van der Waals surface area contributed by atoms with Gasteiger partial charge < -0.3 is 19.9 Å². The maximum absolute atomic E-state index is 12.3. The third-order valence-electron chi connectivity index (χ3n) is 3.81. The van der Waals surface area contributed by atoms with Crippen LogP contribution in [0.2, 0.25) is 0 Å². The van der Waals surface area contributed by atoms with E-state index in [0.717, 1.165) is 11.1 Å². The monoisotopic (exact) mass is 343 g/mol. The van der Waals surface area contributed by atoms with Crippen molar-refractivity contribution >= 4 is 17.6 Å². The number of esters is 1. The summed E-state index contributed by atoms with van der Waals surface area (Å²) in [5.74, 6) is -1.10. The lowest BCUT2D eigenvalue weighted by atomic mass is 10.1. The fourth-order valence-electron chi connectivity index (χ4n) is 2.32. The topological polar surface area (TPSA) is 84.9 Å². The molecule has 6 nitrogen and oxygen atoms in total. The minimum Gasteiger partial charge on any atom is -0.507 e. The smallest absolute Gasteiger partial charge is 0.342 e. The van der Waals surface area contributed by atoms with Crippen molar-refractivity contribution in [2.24, 2.45) is 0 Å². The van der Waals surface area contributed by atoms with E-state index < -0.39 is 18.0 Å². The van der Waals surface area contributed by atoms with Crippen molar-refractivity contribution in [3.05, 3.63) is 53.1 Å². The third-order valence-corrected chi connectivity index (χ3v) is 3.81. The maximum atomic E-state index is 12.3. The van der Waals surface area contributed by atoms with E-state index in [-0.39, 0.29) is 11.3 Å². The lowest BCUT2D eigenvalue weighted by Crippen LogP contribution is -2.30. The zero-order valence-electron chi connectivity index (χ0n) is 14.6. The van der Waals surface area contributed by atoms with Crippen molar-refractivity contribution in [1.29, 1.82) is 0 Å². The molecule has 0 aliphatic carbocycles. The number of phenolic OH excluding ortho intramolecular Hbond substituents is 1. The van der Waals surface area contributed by atoms with E-state index in [1.165, 1.54) is 32.2 Å². The van der Waals surface area contributed by atoms with Gasteiger partial charge in [-0.2, -0.15) is 0 Å². The van der Waals surface area contributed by atoms with Crippen molar-refractivity contribution in [2.75, 3.05) is 12.4 Å². The Morgan fingerprint density at radius 2 is 1.76 bits per heavy atom. The summed E-state index contributed by atoms with van der Waals surface area (Å²) in [7, 11) is 1.45. The highest BCUT2D eigenvalue weighted by atomic mass is 16.5. The van der Waals surface area contributed by atoms with Crippen LogP contribution in [0.4, 0.5) is 5.69 Å². The van der Waals surface area contributed by atoms with E-state index in [4.69, 9.17) is 9.47 Å². The first-order valence-electron chi connectivity index (χ1n) is 7.78. The molecule has 0 saturated carbocycles. The number of benzene rings is 2. The lowest BCUT2D eigenvalue weighted by Gasteiger charge is -2.16. The van der Waals surface area contributed by atoms with E-state index >= 15 is 0 Å². The van der Waals surface area contributed by atoms with E-state index in [9.17, 15) is 14.7 Å². The second-order valence-corrected chi connectivity index (χ2v) is 5.69. The molecule has 2 N–H and O–H groups in total. The van der Waals surface area contributed by atoms with Crippen LogP contribution in [0.1, 0.15) is 28.4 Å². The van der Waals surface area contributed by atoms with Crippen molar-refractivity contribution in [1.82, 2.24) is 0 Å². The van der Waals surface area contributed by atoms with E-state index in [0.29, 0.717) is 11.4 Å². The van der Waals surface area contributed by atoms with Gasteiger partial charge in [0.25, 0.3) is 5.91 Å². The standard InChI is InChI=1S/C19H21NO5/c1-11-6-5-7-12(2)17(11)20-18(22)13(3)25-19(23)15-10-14(24-4)8-9-16(15)21/h5-10,13,21H,1-4H3,(H,20,22)/t13-/m1/s1. The van der Waals surface area contributed by atoms with Crippen LogP contribution in [0.25, 0.3) is 0 Å². The van der Waals surface area contributed by atoms with Crippen LogP contribution in [0, 0.1) is 13.8 Å². The Labute approximate surface area is 146 Å². The molecule has 0 heterocycles. The highest BCUT2D eigenvalue weighted by Crippen LogP contribution is 2.24. The number of aryl methyl sites for hydroxylation is 2. The summed E-state index contributed by atoms with van der Waals surface area (Å²) in [5.41, 5.74) is 2.46. The van der Waals surface area contributed by atoms with E-state index in [1.54, 1.807) is 0 Å². The summed E-state index contributed by atoms with van der Waals surface area (Å²) in [6.07, 6.45) is -1.03. The molecule has 1 atom stereocenters. The molecule has 0 fully saturated rings. The molecule has 0 unspecified atom stereocenters. The molecule has 132 valence electrons. The molecular formula is C19H21NO5. The van der Waals surface area contributed by atoms with Gasteiger partial charge in [0.15, 0.2) is 6.10 Å². The van der Waals surface area contributed by atoms with Gasteiger partial charge in [-0.15, -0.1) is 0 Å². The SMILES string of the molecule is COc1ccc(O)c(C(=O)O[C@H](C)C(=O)Nc2c(C)cccc2C)c1. The van der Waals surface area contributed by atoms with Crippen molar-refractivity contribution < 1.29 is 24.2 Å². The molecule has 1 amide bonds. The van der Waals surface area contributed by atoms with Crippen LogP contribution in [-0.4, -0.2) is 30.2 Å². The number of nitrogens with one attached hydrogen (secondary N) is 1. The average molecular weight is 343 g/mol. The number of aromatic hydroxyl groups is 1. The van der Waals surface area contributed by atoms with Crippen LogP contribution in [-0.2, 0) is 9.53 Å². The molecule has 2 rings (SSSR count). The highest BCUT2D eigenvalue weighted by molar-refractivity contribution is 5.99. The Bertz CT molecular complexity index is 780. The van der Waals surface area contributed by atoms with Crippen LogP contribution < -0.4 is 10.1 Å². The van der Waals surface area contributed by atoms with E-state index in [1.807, 2.05) is 32.0 Å². The first-order chi connectivity index (χ1) is 11.8.